The number of fused-ring (bicyclic) bond motifs is 1. The van der Waals surface area contributed by atoms with Crippen LogP contribution >= 0.6 is 0 Å². The second-order valence-electron chi connectivity index (χ2n) is 8.78. The molecule has 1 amide bonds. The lowest BCUT2D eigenvalue weighted by Crippen LogP contribution is -2.43. The topological polar surface area (TPSA) is 73.9 Å². The molecule has 1 fully saturated rings. The fourth-order valence-corrected chi connectivity index (χ4v) is 4.70. The number of H-pyrrole nitrogens is 1. The zero-order chi connectivity index (χ0) is 22.6. The van der Waals surface area contributed by atoms with Gasteiger partial charge in [-0.05, 0) is 55.5 Å². The number of carbonyl (C=O) groups excluding carboxylic acids is 1. The molecule has 0 bridgehead atoms. The maximum absolute atomic E-state index is 12.9. The molecule has 0 aliphatic carbocycles. The Kier molecular flexibility index (Phi) is 6.07. The van der Waals surface area contributed by atoms with Crippen molar-refractivity contribution in [2.24, 2.45) is 5.92 Å². The molecule has 0 saturated carbocycles. The molecule has 1 atom stereocenters. The third kappa shape index (κ3) is 4.60. The number of aryl methyl sites for hydroxylation is 1. The second-order valence-corrected chi connectivity index (χ2v) is 8.78. The highest BCUT2D eigenvalue weighted by Crippen LogP contribution is 2.25. The van der Waals surface area contributed by atoms with Crippen molar-refractivity contribution >= 4 is 22.6 Å². The number of hydrogen-bond acceptors (Lipinski definition) is 4. The van der Waals surface area contributed by atoms with Crippen LogP contribution in [-0.2, 0) is 11.2 Å². The lowest BCUT2D eigenvalue weighted by atomic mass is 9.97. The molecule has 6 heteroatoms. The second kappa shape index (κ2) is 9.45. The van der Waals surface area contributed by atoms with Crippen LogP contribution in [0.2, 0.25) is 0 Å². The van der Waals surface area contributed by atoms with Crippen LogP contribution in [0.15, 0.2) is 66.9 Å². The third-order valence-corrected chi connectivity index (χ3v) is 6.56. The van der Waals surface area contributed by atoms with E-state index >= 15 is 0 Å². The summed E-state index contributed by atoms with van der Waals surface area (Å²) in [6, 6.07) is 20.5. The van der Waals surface area contributed by atoms with Gasteiger partial charge in [0, 0.05) is 42.3 Å². The minimum atomic E-state index is -0.0282. The van der Waals surface area contributed by atoms with Gasteiger partial charge < -0.3 is 15.2 Å². The Balaban J connectivity index is 1.18. The molecule has 4 aromatic rings. The van der Waals surface area contributed by atoms with Gasteiger partial charge in [0.05, 0.1) is 11.6 Å². The molecule has 3 heterocycles. The summed E-state index contributed by atoms with van der Waals surface area (Å²) in [4.78, 5) is 18.3. The summed E-state index contributed by atoms with van der Waals surface area (Å²) in [5, 5.41) is 13.3. The van der Waals surface area contributed by atoms with Crippen molar-refractivity contribution in [1.29, 1.82) is 0 Å². The van der Waals surface area contributed by atoms with Crippen molar-refractivity contribution in [2.45, 2.75) is 26.2 Å². The van der Waals surface area contributed by atoms with Crippen LogP contribution in [0.1, 0.15) is 24.0 Å². The minimum absolute atomic E-state index is 0.0282. The van der Waals surface area contributed by atoms with E-state index in [-0.39, 0.29) is 11.8 Å². The fraction of sp³-hybridized carbons (Fsp3) is 0.296. The predicted octanol–water partition coefficient (Wildman–Crippen LogP) is 4.51. The average Bonchev–Trinajstić information content (AvgIpc) is 3.28. The Hall–Kier alpha value is -3.67. The Bertz CT molecular complexity index is 1250. The highest BCUT2D eigenvalue weighted by Gasteiger charge is 2.26. The lowest BCUT2D eigenvalue weighted by molar-refractivity contribution is -0.125. The molecule has 168 valence electrons. The summed E-state index contributed by atoms with van der Waals surface area (Å²) in [6.07, 6.45) is 4.74. The first-order chi connectivity index (χ1) is 16.2. The van der Waals surface area contributed by atoms with Crippen molar-refractivity contribution in [3.8, 4) is 11.3 Å². The number of anilines is 1. The largest absolute Gasteiger partial charge is 0.361 e. The molecule has 1 aliphatic rings. The van der Waals surface area contributed by atoms with Gasteiger partial charge in [-0.15, -0.1) is 10.2 Å². The Morgan fingerprint density at radius 3 is 2.79 bits per heavy atom. The first-order valence-electron chi connectivity index (χ1n) is 11.7. The molecule has 2 N–H and O–H groups in total. The van der Waals surface area contributed by atoms with Gasteiger partial charge >= 0.3 is 0 Å². The molecule has 0 unspecified atom stereocenters. The zero-order valence-electron chi connectivity index (χ0n) is 18.9. The molecular formula is C27H29N5O. The van der Waals surface area contributed by atoms with Crippen molar-refractivity contribution in [1.82, 2.24) is 20.5 Å². The summed E-state index contributed by atoms with van der Waals surface area (Å²) in [5.74, 6) is 0.937. The van der Waals surface area contributed by atoms with Gasteiger partial charge in [0.2, 0.25) is 5.91 Å². The van der Waals surface area contributed by atoms with Gasteiger partial charge in [0.15, 0.2) is 5.82 Å². The quantitative estimate of drug-likeness (QED) is 0.464. The number of carbonyl (C=O) groups is 1. The average molecular weight is 440 g/mol. The van der Waals surface area contributed by atoms with Gasteiger partial charge in [-0.25, -0.2) is 0 Å². The van der Waals surface area contributed by atoms with E-state index in [1.807, 2.05) is 42.6 Å². The van der Waals surface area contributed by atoms with E-state index in [0.29, 0.717) is 13.1 Å². The SMILES string of the molecule is Cc1ccccc1-c1ccc(N2CCC[C@H](C(=O)NCCc3c[nH]c4ccccc34)C2)nn1. The molecule has 1 saturated heterocycles. The number of para-hydroxylation sites is 1. The van der Waals surface area contributed by atoms with Gasteiger partial charge in [-0.1, -0.05) is 42.5 Å². The smallest absolute Gasteiger partial charge is 0.224 e. The number of rotatable bonds is 6. The third-order valence-electron chi connectivity index (χ3n) is 6.56. The van der Waals surface area contributed by atoms with Crippen LogP contribution < -0.4 is 10.2 Å². The van der Waals surface area contributed by atoms with Gasteiger partial charge in [-0.3, -0.25) is 4.79 Å². The van der Waals surface area contributed by atoms with Crippen LogP contribution in [0, 0.1) is 12.8 Å². The van der Waals surface area contributed by atoms with Crippen molar-refractivity contribution in [2.75, 3.05) is 24.5 Å². The number of hydrogen-bond donors (Lipinski definition) is 2. The van der Waals surface area contributed by atoms with Crippen LogP contribution in [0.5, 0.6) is 0 Å². The first kappa shape index (κ1) is 21.2. The zero-order valence-corrected chi connectivity index (χ0v) is 18.9. The molecule has 2 aromatic carbocycles. The minimum Gasteiger partial charge on any atom is -0.361 e. The summed E-state index contributed by atoms with van der Waals surface area (Å²) in [5.41, 5.74) is 5.53. The van der Waals surface area contributed by atoms with E-state index < -0.39 is 0 Å². The Morgan fingerprint density at radius 2 is 1.94 bits per heavy atom. The molecule has 5 rings (SSSR count). The number of amides is 1. The summed E-state index contributed by atoms with van der Waals surface area (Å²) >= 11 is 0. The summed E-state index contributed by atoms with van der Waals surface area (Å²) < 4.78 is 0. The molecule has 33 heavy (non-hydrogen) atoms. The van der Waals surface area contributed by atoms with Crippen LogP contribution in [0.25, 0.3) is 22.2 Å². The number of aromatic amines is 1. The van der Waals surface area contributed by atoms with Crippen molar-refractivity contribution in [3.05, 3.63) is 78.0 Å². The van der Waals surface area contributed by atoms with Crippen molar-refractivity contribution < 1.29 is 4.79 Å². The fourth-order valence-electron chi connectivity index (χ4n) is 4.70. The number of benzene rings is 2. The highest BCUT2D eigenvalue weighted by molar-refractivity contribution is 5.83. The summed E-state index contributed by atoms with van der Waals surface area (Å²) in [6.45, 7) is 4.30. The highest BCUT2D eigenvalue weighted by atomic mass is 16.1. The molecule has 0 radical (unpaired) electrons. The molecule has 2 aromatic heterocycles. The summed E-state index contributed by atoms with van der Waals surface area (Å²) in [7, 11) is 0. The maximum Gasteiger partial charge on any atom is 0.224 e. The van der Waals surface area contributed by atoms with E-state index in [2.05, 4.69) is 56.6 Å². The van der Waals surface area contributed by atoms with E-state index in [9.17, 15) is 4.79 Å². The van der Waals surface area contributed by atoms with Gasteiger partial charge in [-0.2, -0.15) is 0 Å². The van der Waals surface area contributed by atoms with Crippen LogP contribution in [0.3, 0.4) is 0 Å². The van der Waals surface area contributed by atoms with Gasteiger partial charge in [0.1, 0.15) is 0 Å². The number of nitrogens with zero attached hydrogens (tertiary/aromatic N) is 3. The van der Waals surface area contributed by atoms with Crippen LogP contribution in [0.4, 0.5) is 5.82 Å². The number of nitrogens with one attached hydrogen (secondary N) is 2. The lowest BCUT2D eigenvalue weighted by Gasteiger charge is -2.32. The molecule has 6 nitrogen and oxygen atoms in total. The normalized spacial score (nSPS) is 16.2. The van der Waals surface area contributed by atoms with E-state index in [0.717, 1.165) is 48.4 Å². The van der Waals surface area contributed by atoms with Crippen LogP contribution in [-0.4, -0.2) is 40.7 Å². The molecule has 1 aliphatic heterocycles. The van der Waals surface area contributed by atoms with Gasteiger partial charge in [0.25, 0.3) is 0 Å². The number of piperidine rings is 1. The predicted molar refractivity (Wildman–Crippen MR) is 132 cm³/mol. The molecular weight excluding hydrogens is 410 g/mol. The van der Waals surface area contributed by atoms with Crippen molar-refractivity contribution in [3.63, 3.8) is 0 Å². The maximum atomic E-state index is 12.9. The van der Waals surface area contributed by atoms with E-state index in [1.165, 1.54) is 16.5 Å². The molecule has 0 spiro atoms. The Labute approximate surface area is 194 Å². The standard InChI is InChI=1S/C27H29N5O/c1-19-7-2-3-9-22(19)25-12-13-26(31-30-25)32-16-6-8-21(18-32)27(33)28-15-14-20-17-29-24-11-5-4-10-23(20)24/h2-5,7,9-13,17,21,29H,6,8,14-16,18H2,1H3,(H,28,33)/t21-/m0/s1. The monoisotopic (exact) mass is 439 g/mol. The van der Waals surface area contributed by atoms with E-state index in [1.54, 1.807) is 0 Å². The Morgan fingerprint density at radius 1 is 1.09 bits per heavy atom. The first-order valence-corrected chi connectivity index (χ1v) is 11.7. The number of aromatic nitrogens is 3. The van der Waals surface area contributed by atoms with E-state index in [4.69, 9.17) is 0 Å².